The maximum Gasteiger partial charge on any atom is 0.180 e. The largest absolute Gasteiger partial charge is 0.372 e. The highest BCUT2D eigenvalue weighted by molar-refractivity contribution is 5.80. The average Bonchev–Trinajstić information content (AvgIpc) is 3.24. The van der Waals surface area contributed by atoms with E-state index in [1.807, 2.05) is 36.4 Å². The minimum atomic E-state index is 0.586. The smallest absolute Gasteiger partial charge is 0.180 e. The Hall–Kier alpha value is -3.31. The minimum Gasteiger partial charge on any atom is -0.372 e. The van der Waals surface area contributed by atoms with E-state index in [4.69, 9.17) is 4.74 Å². The highest BCUT2D eigenvalue weighted by Gasteiger charge is 2.09. The van der Waals surface area contributed by atoms with Crippen LogP contribution in [0.2, 0.25) is 0 Å². The number of nitrogens with zero attached hydrogens (tertiary/aromatic N) is 3. The lowest BCUT2D eigenvalue weighted by Crippen LogP contribution is -1.94. The second-order valence-corrected chi connectivity index (χ2v) is 5.97. The van der Waals surface area contributed by atoms with Crippen LogP contribution in [0.3, 0.4) is 0 Å². The van der Waals surface area contributed by atoms with E-state index in [-0.39, 0.29) is 0 Å². The van der Waals surface area contributed by atoms with Gasteiger partial charge in [0.05, 0.1) is 13.2 Å². The van der Waals surface area contributed by atoms with Crippen molar-refractivity contribution in [2.75, 3.05) is 0 Å². The van der Waals surface area contributed by atoms with Gasteiger partial charge in [-0.3, -0.25) is 0 Å². The standard InChI is InChI=1S/C21H18N4O/c1-2-6-16(7-3-1)14-26-15-17-10-12-18(13-11-17)19-8-4-5-9-20(19)21-22-24-25-23-21/h1-13H,14-15H2,(H,22,23,24,25). The van der Waals surface area contributed by atoms with Crippen LogP contribution in [0, 0.1) is 0 Å². The van der Waals surface area contributed by atoms with Gasteiger partial charge < -0.3 is 4.74 Å². The Morgan fingerprint density at radius 3 is 2.04 bits per heavy atom. The third kappa shape index (κ3) is 3.68. The Labute approximate surface area is 151 Å². The molecule has 1 heterocycles. The molecule has 0 aliphatic carbocycles. The van der Waals surface area contributed by atoms with Crippen molar-refractivity contribution in [3.8, 4) is 22.5 Å². The van der Waals surface area contributed by atoms with Crippen molar-refractivity contribution in [1.29, 1.82) is 0 Å². The van der Waals surface area contributed by atoms with E-state index in [9.17, 15) is 0 Å². The first-order valence-electron chi connectivity index (χ1n) is 8.44. The van der Waals surface area contributed by atoms with Crippen molar-refractivity contribution in [1.82, 2.24) is 20.6 Å². The highest BCUT2D eigenvalue weighted by atomic mass is 16.5. The van der Waals surface area contributed by atoms with Crippen LogP contribution < -0.4 is 0 Å². The van der Waals surface area contributed by atoms with E-state index in [0.29, 0.717) is 19.0 Å². The molecule has 0 spiro atoms. The summed E-state index contributed by atoms with van der Waals surface area (Å²) in [6, 6.07) is 26.6. The van der Waals surface area contributed by atoms with Crippen LogP contribution in [0.15, 0.2) is 78.9 Å². The topological polar surface area (TPSA) is 63.7 Å². The molecule has 0 saturated carbocycles. The van der Waals surface area contributed by atoms with Crippen LogP contribution in [0.1, 0.15) is 11.1 Å². The Balaban J connectivity index is 1.47. The molecule has 1 N–H and O–H groups in total. The van der Waals surface area contributed by atoms with Crippen molar-refractivity contribution < 1.29 is 4.74 Å². The molecule has 4 aromatic rings. The quantitative estimate of drug-likeness (QED) is 0.569. The molecule has 0 amide bonds. The van der Waals surface area contributed by atoms with Gasteiger partial charge in [0, 0.05) is 5.56 Å². The molecule has 0 aliphatic heterocycles. The number of nitrogens with one attached hydrogen (secondary N) is 1. The first-order valence-corrected chi connectivity index (χ1v) is 8.44. The summed E-state index contributed by atoms with van der Waals surface area (Å²) in [6.45, 7) is 1.20. The molecule has 0 fully saturated rings. The van der Waals surface area contributed by atoms with Crippen molar-refractivity contribution >= 4 is 0 Å². The van der Waals surface area contributed by atoms with Crippen molar-refractivity contribution in [3.63, 3.8) is 0 Å². The molecule has 4 rings (SSSR count). The molecule has 0 saturated heterocycles. The number of aromatic amines is 1. The number of hydrogen-bond acceptors (Lipinski definition) is 4. The fraction of sp³-hybridized carbons (Fsp3) is 0.0952. The van der Waals surface area contributed by atoms with Crippen LogP contribution in [0.4, 0.5) is 0 Å². The predicted octanol–water partition coefficient (Wildman–Crippen LogP) is 4.25. The Kier molecular flexibility index (Phi) is 4.80. The molecule has 0 aliphatic rings. The molecular weight excluding hydrogens is 324 g/mol. The van der Waals surface area contributed by atoms with Gasteiger partial charge >= 0.3 is 0 Å². The molecule has 0 atom stereocenters. The lowest BCUT2D eigenvalue weighted by molar-refractivity contribution is 0.107. The number of aromatic nitrogens is 4. The SMILES string of the molecule is c1ccc(COCc2ccc(-c3ccccc3-c3nnn[nH]3)cc2)cc1. The van der Waals surface area contributed by atoms with Gasteiger partial charge in [-0.15, -0.1) is 5.10 Å². The van der Waals surface area contributed by atoms with Gasteiger partial charge in [-0.1, -0.05) is 78.9 Å². The molecule has 26 heavy (non-hydrogen) atoms. The first kappa shape index (κ1) is 16.2. The van der Waals surface area contributed by atoms with E-state index in [0.717, 1.165) is 22.3 Å². The fourth-order valence-electron chi connectivity index (χ4n) is 2.86. The van der Waals surface area contributed by atoms with Gasteiger partial charge in [0.1, 0.15) is 0 Å². The van der Waals surface area contributed by atoms with Crippen LogP contribution >= 0.6 is 0 Å². The normalized spacial score (nSPS) is 10.8. The van der Waals surface area contributed by atoms with Crippen LogP contribution in [0.25, 0.3) is 22.5 Å². The van der Waals surface area contributed by atoms with Gasteiger partial charge in [-0.25, -0.2) is 5.10 Å². The summed E-state index contributed by atoms with van der Waals surface area (Å²) >= 11 is 0. The number of tetrazole rings is 1. The highest BCUT2D eigenvalue weighted by Crippen LogP contribution is 2.29. The van der Waals surface area contributed by atoms with Crippen LogP contribution in [-0.4, -0.2) is 20.6 Å². The molecule has 0 bridgehead atoms. The maximum atomic E-state index is 5.80. The number of hydrogen-bond donors (Lipinski definition) is 1. The first-order chi connectivity index (χ1) is 12.9. The van der Waals surface area contributed by atoms with Crippen molar-refractivity contribution in [3.05, 3.63) is 90.0 Å². The summed E-state index contributed by atoms with van der Waals surface area (Å²) in [5.74, 6) is 0.663. The van der Waals surface area contributed by atoms with E-state index in [1.54, 1.807) is 0 Å². The third-order valence-electron chi connectivity index (χ3n) is 4.17. The lowest BCUT2D eigenvalue weighted by atomic mass is 9.98. The van der Waals surface area contributed by atoms with Crippen molar-refractivity contribution in [2.45, 2.75) is 13.2 Å². The zero-order valence-corrected chi connectivity index (χ0v) is 14.2. The average molecular weight is 342 g/mol. The van der Waals surface area contributed by atoms with Gasteiger partial charge in [0.15, 0.2) is 5.82 Å². The Bertz CT molecular complexity index is 951. The number of H-pyrrole nitrogens is 1. The summed E-state index contributed by atoms with van der Waals surface area (Å²) in [4.78, 5) is 0. The zero-order chi connectivity index (χ0) is 17.6. The number of rotatable bonds is 6. The monoisotopic (exact) mass is 342 g/mol. The van der Waals surface area contributed by atoms with E-state index >= 15 is 0 Å². The van der Waals surface area contributed by atoms with Gasteiger partial charge in [-0.2, -0.15) is 0 Å². The summed E-state index contributed by atoms with van der Waals surface area (Å²) < 4.78 is 5.80. The third-order valence-corrected chi connectivity index (χ3v) is 4.17. The summed E-state index contributed by atoms with van der Waals surface area (Å²) in [6.07, 6.45) is 0. The lowest BCUT2D eigenvalue weighted by Gasteiger charge is -2.09. The Morgan fingerprint density at radius 2 is 1.35 bits per heavy atom. The maximum absolute atomic E-state index is 5.80. The van der Waals surface area contributed by atoms with Crippen LogP contribution in [-0.2, 0) is 18.0 Å². The summed E-state index contributed by atoms with van der Waals surface area (Å²) in [7, 11) is 0. The molecule has 3 aromatic carbocycles. The molecule has 0 unspecified atom stereocenters. The molecule has 1 aromatic heterocycles. The summed E-state index contributed by atoms with van der Waals surface area (Å²) in [5.41, 5.74) is 5.50. The molecule has 128 valence electrons. The van der Waals surface area contributed by atoms with Crippen LogP contribution in [0.5, 0.6) is 0 Å². The second kappa shape index (κ2) is 7.72. The fourth-order valence-corrected chi connectivity index (χ4v) is 2.86. The predicted molar refractivity (Wildman–Crippen MR) is 100.0 cm³/mol. The Morgan fingerprint density at radius 1 is 0.692 bits per heavy atom. The summed E-state index contributed by atoms with van der Waals surface area (Å²) in [5, 5.41) is 14.2. The molecule has 0 radical (unpaired) electrons. The van der Waals surface area contributed by atoms with Gasteiger partial charge in [0.2, 0.25) is 0 Å². The van der Waals surface area contributed by atoms with E-state index < -0.39 is 0 Å². The minimum absolute atomic E-state index is 0.586. The molecule has 5 heteroatoms. The zero-order valence-electron chi connectivity index (χ0n) is 14.2. The number of benzene rings is 3. The number of ether oxygens (including phenoxy) is 1. The van der Waals surface area contributed by atoms with Gasteiger partial charge in [0.25, 0.3) is 0 Å². The second-order valence-electron chi connectivity index (χ2n) is 5.97. The molecule has 5 nitrogen and oxygen atoms in total. The van der Waals surface area contributed by atoms with Gasteiger partial charge in [-0.05, 0) is 32.7 Å². The van der Waals surface area contributed by atoms with Crippen molar-refractivity contribution in [2.24, 2.45) is 0 Å². The molecular formula is C21H18N4O. The van der Waals surface area contributed by atoms with E-state index in [1.165, 1.54) is 5.56 Å². The van der Waals surface area contributed by atoms with E-state index in [2.05, 4.69) is 63.1 Å².